The highest BCUT2D eigenvalue weighted by molar-refractivity contribution is 5.92. The molecule has 2 aromatic rings. The average Bonchev–Trinajstić information content (AvgIpc) is 2.81. The zero-order valence-corrected chi connectivity index (χ0v) is 11.0. The molecule has 2 rings (SSSR count). The van der Waals surface area contributed by atoms with Crippen molar-refractivity contribution in [1.29, 1.82) is 0 Å². The molecule has 0 aliphatic carbocycles. The number of nitrogens with one attached hydrogen (secondary N) is 1. The molecule has 0 amide bonds. The van der Waals surface area contributed by atoms with E-state index in [1.54, 1.807) is 24.4 Å². The van der Waals surface area contributed by atoms with E-state index < -0.39 is 5.97 Å². The minimum absolute atomic E-state index is 0.00300. The molecule has 7 heteroatoms. The molecule has 0 atom stereocenters. The molecule has 0 aromatic carbocycles. The first kappa shape index (κ1) is 14.3. The van der Waals surface area contributed by atoms with Gasteiger partial charge in [0.2, 0.25) is 0 Å². The molecule has 0 spiro atoms. The van der Waals surface area contributed by atoms with Gasteiger partial charge in [-0.3, -0.25) is 4.40 Å². The second-order valence-electron chi connectivity index (χ2n) is 4.16. The first-order chi connectivity index (χ1) is 9.74. The van der Waals surface area contributed by atoms with E-state index >= 15 is 0 Å². The largest absolute Gasteiger partial charge is 0.476 e. The lowest BCUT2D eigenvalue weighted by Gasteiger charge is -2.05. The lowest BCUT2D eigenvalue weighted by molar-refractivity contribution is 0.0690. The number of aliphatic hydroxyl groups is 1. The molecule has 7 nitrogen and oxygen atoms in total. The van der Waals surface area contributed by atoms with E-state index in [1.807, 2.05) is 0 Å². The Morgan fingerprint density at radius 2 is 2.25 bits per heavy atom. The quantitative estimate of drug-likeness (QED) is 0.620. The van der Waals surface area contributed by atoms with Crippen LogP contribution in [-0.2, 0) is 4.74 Å². The highest BCUT2D eigenvalue weighted by Gasteiger charge is 2.17. The standard InChI is InChI=1S/C13H17N3O4/c17-7-9-20-8-3-5-14-12-11(13(18)19)16-6-2-1-4-10(16)15-12/h1-2,4,6,14,17H,3,5,7-9H2,(H,18,19). The zero-order chi connectivity index (χ0) is 14.4. The Hall–Kier alpha value is -2.12. The monoisotopic (exact) mass is 279 g/mol. The highest BCUT2D eigenvalue weighted by atomic mass is 16.5. The number of aromatic carboxylic acids is 1. The smallest absolute Gasteiger partial charge is 0.356 e. The maximum absolute atomic E-state index is 11.3. The molecule has 20 heavy (non-hydrogen) atoms. The third kappa shape index (κ3) is 3.25. The van der Waals surface area contributed by atoms with Crippen LogP contribution in [0.3, 0.4) is 0 Å². The van der Waals surface area contributed by atoms with E-state index in [1.165, 1.54) is 4.40 Å². The van der Waals surface area contributed by atoms with Gasteiger partial charge in [-0.15, -0.1) is 0 Å². The van der Waals surface area contributed by atoms with Crippen molar-refractivity contribution in [2.45, 2.75) is 6.42 Å². The number of anilines is 1. The number of fused-ring (bicyclic) bond motifs is 1. The summed E-state index contributed by atoms with van der Waals surface area (Å²) in [7, 11) is 0. The molecule has 0 radical (unpaired) electrons. The Morgan fingerprint density at radius 3 is 3.00 bits per heavy atom. The highest BCUT2D eigenvalue weighted by Crippen LogP contribution is 2.17. The van der Waals surface area contributed by atoms with E-state index in [-0.39, 0.29) is 12.3 Å². The number of imidazole rings is 1. The molecule has 0 fully saturated rings. The maximum Gasteiger partial charge on any atom is 0.356 e. The van der Waals surface area contributed by atoms with Crippen LogP contribution in [0.4, 0.5) is 5.82 Å². The lowest BCUT2D eigenvalue weighted by Crippen LogP contribution is -2.11. The van der Waals surface area contributed by atoms with Gasteiger partial charge in [0.05, 0.1) is 13.2 Å². The molecular weight excluding hydrogens is 262 g/mol. The number of rotatable bonds is 8. The molecule has 0 aliphatic heterocycles. The predicted molar refractivity (Wildman–Crippen MR) is 73.2 cm³/mol. The summed E-state index contributed by atoms with van der Waals surface area (Å²) in [5.74, 6) is -0.673. The second-order valence-corrected chi connectivity index (χ2v) is 4.16. The van der Waals surface area contributed by atoms with E-state index in [2.05, 4.69) is 10.3 Å². The number of aromatic nitrogens is 2. The van der Waals surface area contributed by atoms with Crippen molar-refractivity contribution in [3.05, 3.63) is 30.1 Å². The summed E-state index contributed by atoms with van der Waals surface area (Å²) in [5, 5.41) is 20.8. The minimum atomic E-state index is -1.03. The van der Waals surface area contributed by atoms with Crippen LogP contribution in [-0.4, -0.2) is 51.9 Å². The average molecular weight is 279 g/mol. The first-order valence-electron chi connectivity index (χ1n) is 6.37. The Labute approximate surface area is 115 Å². The van der Waals surface area contributed by atoms with E-state index in [0.717, 1.165) is 0 Å². The number of carbonyl (C=O) groups is 1. The molecule has 0 saturated carbocycles. The molecular formula is C13H17N3O4. The summed E-state index contributed by atoms with van der Waals surface area (Å²) in [6.07, 6.45) is 2.37. The summed E-state index contributed by atoms with van der Waals surface area (Å²) >= 11 is 0. The van der Waals surface area contributed by atoms with Crippen molar-refractivity contribution in [1.82, 2.24) is 9.38 Å². The zero-order valence-electron chi connectivity index (χ0n) is 11.0. The van der Waals surface area contributed by atoms with Crippen LogP contribution in [0.1, 0.15) is 16.9 Å². The van der Waals surface area contributed by atoms with Gasteiger partial charge in [0.25, 0.3) is 0 Å². The maximum atomic E-state index is 11.3. The number of nitrogens with zero attached hydrogens (tertiary/aromatic N) is 2. The molecule has 108 valence electrons. The van der Waals surface area contributed by atoms with Crippen LogP contribution in [0.25, 0.3) is 5.65 Å². The van der Waals surface area contributed by atoms with Crippen molar-refractivity contribution in [3.8, 4) is 0 Å². The fourth-order valence-corrected chi connectivity index (χ4v) is 1.87. The number of aliphatic hydroxyl groups excluding tert-OH is 1. The first-order valence-corrected chi connectivity index (χ1v) is 6.37. The fourth-order valence-electron chi connectivity index (χ4n) is 1.87. The molecule has 3 N–H and O–H groups in total. The van der Waals surface area contributed by atoms with Crippen molar-refractivity contribution >= 4 is 17.4 Å². The second kappa shape index (κ2) is 6.88. The topological polar surface area (TPSA) is 96.1 Å². The normalized spacial score (nSPS) is 10.8. The lowest BCUT2D eigenvalue weighted by atomic mass is 10.4. The summed E-state index contributed by atoms with van der Waals surface area (Å²) in [5.41, 5.74) is 0.709. The molecule has 0 unspecified atom stereocenters. The number of pyridine rings is 1. The third-order valence-corrected chi connectivity index (χ3v) is 2.73. The summed E-state index contributed by atoms with van der Waals surface area (Å²) in [6.45, 7) is 1.37. The van der Waals surface area contributed by atoms with Gasteiger partial charge in [-0.25, -0.2) is 9.78 Å². The van der Waals surface area contributed by atoms with Gasteiger partial charge in [-0.2, -0.15) is 0 Å². The van der Waals surface area contributed by atoms with Gasteiger partial charge in [-0.05, 0) is 18.6 Å². The molecule has 2 aromatic heterocycles. The van der Waals surface area contributed by atoms with Gasteiger partial charge in [0, 0.05) is 19.3 Å². The van der Waals surface area contributed by atoms with Crippen LogP contribution in [0.5, 0.6) is 0 Å². The minimum Gasteiger partial charge on any atom is -0.476 e. The van der Waals surface area contributed by atoms with Crippen LogP contribution in [0.2, 0.25) is 0 Å². The molecule has 0 aliphatic rings. The van der Waals surface area contributed by atoms with Crippen molar-refractivity contribution in [3.63, 3.8) is 0 Å². The molecule has 0 bridgehead atoms. The van der Waals surface area contributed by atoms with Crippen LogP contribution in [0, 0.1) is 0 Å². The van der Waals surface area contributed by atoms with E-state index in [9.17, 15) is 9.90 Å². The fraction of sp³-hybridized carbons (Fsp3) is 0.385. The van der Waals surface area contributed by atoms with Crippen LogP contribution < -0.4 is 5.32 Å². The van der Waals surface area contributed by atoms with Gasteiger partial charge in [0.1, 0.15) is 5.65 Å². The van der Waals surface area contributed by atoms with Crippen LogP contribution >= 0.6 is 0 Å². The Morgan fingerprint density at radius 1 is 1.40 bits per heavy atom. The summed E-state index contributed by atoms with van der Waals surface area (Å²) < 4.78 is 6.66. The van der Waals surface area contributed by atoms with Gasteiger partial charge >= 0.3 is 5.97 Å². The van der Waals surface area contributed by atoms with E-state index in [0.29, 0.717) is 37.6 Å². The molecule has 2 heterocycles. The predicted octanol–water partition coefficient (Wildman–Crippen LogP) is 0.843. The van der Waals surface area contributed by atoms with Gasteiger partial charge < -0.3 is 20.3 Å². The number of ether oxygens (including phenoxy) is 1. The van der Waals surface area contributed by atoms with Crippen molar-refractivity contribution < 1.29 is 19.7 Å². The number of hydrogen-bond acceptors (Lipinski definition) is 5. The van der Waals surface area contributed by atoms with Crippen molar-refractivity contribution in [2.75, 3.05) is 31.7 Å². The Balaban J connectivity index is 2.02. The number of carboxylic acid groups (broad SMARTS) is 1. The summed E-state index contributed by atoms with van der Waals surface area (Å²) in [4.78, 5) is 15.6. The van der Waals surface area contributed by atoms with Crippen LogP contribution in [0.15, 0.2) is 24.4 Å². The van der Waals surface area contributed by atoms with E-state index in [4.69, 9.17) is 9.84 Å². The van der Waals surface area contributed by atoms with Gasteiger partial charge in [0.15, 0.2) is 11.5 Å². The van der Waals surface area contributed by atoms with Crippen molar-refractivity contribution in [2.24, 2.45) is 0 Å². The third-order valence-electron chi connectivity index (χ3n) is 2.73. The number of carboxylic acids is 1. The summed E-state index contributed by atoms with van der Waals surface area (Å²) in [6, 6.07) is 5.32. The Bertz CT molecular complexity index is 582. The van der Waals surface area contributed by atoms with Gasteiger partial charge in [-0.1, -0.05) is 6.07 Å². The Kier molecular flexibility index (Phi) is 4.91. The molecule has 0 saturated heterocycles. The number of hydrogen-bond donors (Lipinski definition) is 3. The SMILES string of the molecule is O=C(O)c1c(NCCCOCCO)nc2ccccn12.